The summed E-state index contributed by atoms with van der Waals surface area (Å²) in [6.45, 7) is 4.18. The molecular formula is C53H104O5. The smallest absolute Gasteiger partial charge is 0.306 e. The number of carbonyl (C=O) groups excluding carboxylic acids is 2. The van der Waals surface area contributed by atoms with Crippen molar-refractivity contribution in [3.8, 4) is 0 Å². The molecule has 0 heterocycles. The number of hydrogen-bond acceptors (Lipinski definition) is 5. The van der Waals surface area contributed by atoms with Crippen LogP contribution in [0.4, 0.5) is 0 Å². The molecule has 0 bridgehead atoms. The molecule has 0 aliphatic heterocycles. The van der Waals surface area contributed by atoms with E-state index < -0.39 is 6.10 Å². The maximum atomic E-state index is 12.2. The topological polar surface area (TPSA) is 72.8 Å². The molecule has 0 aromatic heterocycles. The first-order valence-electron chi connectivity index (χ1n) is 26.6. The SMILES string of the molecule is CCCCCCCCCCCCCCCCCCCCCCCCCCCCCCCCCCC(=O)OC(CO)COC(=O)CCCCCCCCCCCCCC. The van der Waals surface area contributed by atoms with E-state index in [0.717, 1.165) is 32.1 Å². The highest BCUT2D eigenvalue weighted by atomic mass is 16.6. The average molecular weight is 821 g/mol. The molecule has 5 nitrogen and oxygen atoms in total. The quantitative estimate of drug-likeness (QED) is 0.0489. The van der Waals surface area contributed by atoms with Crippen LogP contribution in [0, 0.1) is 0 Å². The number of unbranched alkanes of at least 4 members (excludes halogenated alkanes) is 42. The molecule has 0 rings (SSSR count). The fraction of sp³-hybridized carbons (Fsp3) is 0.962. The second-order valence-corrected chi connectivity index (χ2v) is 18.3. The zero-order valence-corrected chi connectivity index (χ0v) is 39.6. The van der Waals surface area contributed by atoms with Gasteiger partial charge in [-0.3, -0.25) is 9.59 Å². The largest absolute Gasteiger partial charge is 0.462 e. The van der Waals surface area contributed by atoms with Crippen LogP contribution in [-0.4, -0.2) is 36.4 Å². The molecule has 0 radical (unpaired) electrons. The van der Waals surface area contributed by atoms with Gasteiger partial charge in [0.15, 0.2) is 6.10 Å². The molecule has 0 aliphatic carbocycles. The number of carbonyl (C=O) groups is 2. The first-order chi connectivity index (χ1) is 28.6. The second-order valence-electron chi connectivity index (χ2n) is 18.3. The standard InChI is InChI=1S/C53H104O5/c1-3-5-7-9-11-13-15-17-18-19-20-21-22-23-24-25-26-27-28-29-30-31-32-33-34-35-36-38-40-42-44-46-48-53(56)58-51(49-54)50-57-52(55)47-45-43-41-39-37-16-14-12-10-8-6-4-2/h51,54H,3-50H2,1-2H3. The molecule has 5 heteroatoms. The molecule has 346 valence electrons. The molecule has 0 spiro atoms. The number of rotatable bonds is 50. The summed E-state index contributed by atoms with van der Waals surface area (Å²) < 4.78 is 10.7. The van der Waals surface area contributed by atoms with Crippen LogP contribution in [0.5, 0.6) is 0 Å². The van der Waals surface area contributed by atoms with E-state index in [9.17, 15) is 14.7 Å². The fourth-order valence-electron chi connectivity index (χ4n) is 8.38. The summed E-state index contributed by atoms with van der Waals surface area (Å²) in [7, 11) is 0. The van der Waals surface area contributed by atoms with E-state index in [1.807, 2.05) is 0 Å². The van der Waals surface area contributed by atoms with Crippen molar-refractivity contribution >= 4 is 11.9 Å². The van der Waals surface area contributed by atoms with Gasteiger partial charge in [-0.25, -0.2) is 0 Å². The highest BCUT2D eigenvalue weighted by Gasteiger charge is 2.16. The van der Waals surface area contributed by atoms with Crippen molar-refractivity contribution in [2.24, 2.45) is 0 Å². The Labute approximate surface area is 363 Å². The number of hydrogen-bond donors (Lipinski definition) is 1. The summed E-state index contributed by atoms with van der Waals surface area (Å²) in [5.74, 6) is -0.570. The van der Waals surface area contributed by atoms with Crippen molar-refractivity contribution in [1.29, 1.82) is 0 Å². The summed E-state index contributed by atoms with van der Waals surface area (Å²) in [5, 5.41) is 9.60. The van der Waals surface area contributed by atoms with E-state index in [4.69, 9.17) is 9.47 Å². The van der Waals surface area contributed by atoms with Gasteiger partial charge in [0.2, 0.25) is 0 Å². The summed E-state index contributed by atoms with van der Waals surface area (Å²) >= 11 is 0. The van der Waals surface area contributed by atoms with Gasteiger partial charge >= 0.3 is 11.9 Å². The average Bonchev–Trinajstić information content (AvgIpc) is 3.23. The normalized spacial score (nSPS) is 12.0. The molecule has 1 unspecified atom stereocenters. The van der Waals surface area contributed by atoms with E-state index in [1.165, 1.54) is 250 Å². The number of ether oxygens (including phenoxy) is 2. The lowest BCUT2D eigenvalue weighted by atomic mass is 10.0. The number of esters is 2. The van der Waals surface area contributed by atoms with Gasteiger partial charge in [0.05, 0.1) is 6.61 Å². The van der Waals surface area contributed by atoms with Crippen molar-refractivity contribution in [3.63, 3.8) is 0 Å². The Bertz CT molecular complexity index is 799. The van der Waals surface area contributed by atoms with Crippen LogP contribution in [0.2, 0.25) is 0 Å². The lowest BCUT2D eigenvalue weighted by molar-refractivity contribution is -0.161. The lowest BCUT2D eigenvalue weighted by Crippen LogP contribution is -2.28. The van der Waals surface area contributed by atoms with Gasteiger partial charge in [0.1, 0.15) is 6.61 Å². The van der Waals surface area contributed by atoms with Gasteiger partial charge in [-0.1, -0.05) is 284 Å². The summed E-state index contributed by atoms with van der Waals surface area (Å²) in [5.41, 5.74) is 0. The van der Waals surface area contributed by atoms with Gasteiger partial charge in [-0.2, -0.15) is 0 Å². The van der Waals surface area contributed by atoms with Crippen molar-refractivity contribution in [2.45, 2.75) is 315 Å². The maximum Gasteiger partial charge on any atom is 0.306 e. The first kappa shape index (κ1) is 56.9. The number of aliphatic hydroxyl groups is 1. The Morgan fingerprint density at radius 1 is 0.328 bits per heavy atom. The molecular weight excluding hydrogens is 717 g/mol. The summed E-state index contributed by atoms with van der Waals surface area (Å²) in [4.78, 5) is 24.4. The summed E-state index contributed by atoms with van der Waals surface area (Å²) in [6, 6.07) is 0. The zero-order valence-electron chi connectivity index (χ0n) is 39.6. The van der Waals surface area contributed by atoms with E-state index in [2.05, 4.69) is 13.8 Å². The third-order valence-electron chi connectivity index (χ3n) is 12.4. The predicted octanol–water partition coefficient (Wildman–Crippen LogP) is 17.4. The minimum atomic E-state index is -0.762. The molecule has 0 amide bonds. The Morgan fingerprint density at radius 3 is 0.759 bits per heavy atom. The third-order valence-corrected chi connectivity index (χ3v) is 12.4. The zero-order chi connectivity index (χ0) is 42.1. The monoisotopic (exact) mass is 821 g/mol. The molecule has 0 aromatic rings. The first-order valence-corrected chi connectivity index (χ1v) is 26.6. The minimum Gasteiger partial charge on any atom is -0.462 e. The minimum absolute atomic E-state index is 0.0566. The Kier molecular flexibility index (Phi) is 49.3. The second kappa shape index (κ2) is 50.3. The van der Waals surface area contributed by atoms with Crippen LogP contribution in [0.15, 0.2) is 0 Å². The Hall–Kier alpha value is -1.10. The fourth-order valence-corrected chi connectivity index (χ4v) is 8.38. The maximum absolute atomic E-state index is 12.2. The molecule has 1 atom stereocenters. The van der Waals surface area contributed by atoms with Crippen molar-refractivity contribution in [3.05, 3.63) is 0 Å². The van der Waals surface area contributed by atoms with Crippen LogP contribution in [0.1, 0.15) is 309 Å². The highest BCUT2D eigenvalue weighted by Crippen LogP contribution is 2.18. The molecule has 0 aromatic carbocycles. The molecule has 0 saturated heterocycles. The van der Waals surface area contributed by atoms with Gasteiger partial charge in [0, 0.05) is 12.8 Å². The van der Waals surface area contributed by atoms with E-state index in [0.29, 0.717) is 12.8 Å². The summed E-state index contributed by atoms with van der Waals surface area (Å²) in [6.07, 6.45) is 59.4. The van der Waals surface area contributed by atoms with Crippen LogP contribution in [-0.2, 0) is 19.1 Å². The molecule has 0 saturated carbocycles. The molecule has 0 aliphatic rings. The van der Waals surface area contributed by atoms with E-state index in [-0.39, 0.29) is 25.2 Å². The van der Waals surface area contributed by atoms with Gasteiger partial charge in [-0.15, -0.1) is 0 Å². The van der Waals surface area contributed by atoms with Crippen molar-refractivity contribution in [2.75, 3.05) is 13.2 Å². The Balaban J connectivity index is 3.35. The highest BCUT2D eigenvalue weighted by molar-refractivity contribution is 5.70. The predicted molar refractivity (Wildman–Crippen MR) is 252 cm³/mol. The Morgan fingerprint density at radius 2 is 0.534 bits per heavy atom. The van der Waals surface area contributed by atoms with Crippen molar-refractivity contribution < 1.29 is 24.2 Å². The van der Waals surface area contributed by atoms with E-state index in [1.54, 1.807) is 0 Å². The van der Waals surface area contributed by atoms with Crippen LogP contribution >= 0.6 is 0 Å². The van der Waals surface area contributed by atoms with Gasteiger partial charge in [0.25, 0.3) is 0 Å². The number of aliphatic hydroxyl groups excluding tert-OH is 1. The molecule has 58 heavy (non-hydrogen) atoms. The van der Waals surface area contributed by atoms with Crippen LogP contribution in [0.3, 0.4) is 0 Å². The third kappa shape index (κ3) is 47.6. The van der Waals surface area contributed by atoms with Gasteiger partial charge in [-0.05, 0) is 12.8 Å². The lowest BCUT2D eigenvalue weighted by Gasteiger charge is -2.15. The molecule has 1 N–H and O–H groups in total. The van der Waals surface area contributed by atoms with Crippen molar-refractivity contribution in [1.82, 2.24) is 0 Å². The van der Waals surface area contributed by atoms with Crippen LogP contribution in [0.25, 0.3) is 0 Å². The van der Waals surface area contributed by atoms with E-state index >= 15 is 0 Å². The van der Waals surface area contributed by atoms with Crippen LogP contribution < -0.4 is 0 Å². The van der Waals surface area contributed by atoms with Gasteiger partial charge < -0.3 is 14.6 Å². The molecule has 0 fully saturated rings.